The molecule has 0 aliphatic heterocycles. The van der Waals surface area contributed by atoms with Crippen molar-refractivity contribution in [2.45, 2.75) is 33.7 Å². The van der Waals surface area contributed by atoms with Gasteiger partial charge in [-0.3, -0.25) is 4.79 Å². The van der Waals surface area contributed by atoms with Crippen LogP contribution in [0.4, 0.5) is 0 Å². The molecule has 0 radical (unpaired) electrons. The third kappa shape index (κ3) is 2.13. The molecule has 1 rings (SSSR count). The van der Waals surface area contributed by atoms with Gasteiger partial charge < -0.3 is 5.32 Å². The van der Waals surface area contributed by atoms with E-state index in [-0.39, 0.29) is 6.04 Å². The third-order valence-corrected chi connectivity index (χ3v) is 2.49. The first-order chi connectivity index (χ1) is 6.56. The summed E-state index contributed by atoms with van der Waals surface area (Å²) in [6.45, 7) is 8.25. The summed E-state index contributed by atoms with van der Waals surface area (Å²) in [7, 11) is 0. The Balaban J connectivity index is 3.13. The van der Waals surface area contributed by atoms with Gasteiger partial charge in [0.25, 0.3) is 0 Å². The van der Waals surface area contributed by atoms with Crippen molar-refractivity contribution in [1.82, 2.24) is 5.32 Å². The van der Waals surface area contributed by atoms with Gasteiger partial charge in [0.05, 0.1) is 6.04 Å². The van der Waals surface area contributed by atoms with Crippen molar-refractivity contribution in [3.05, 3.63) is 34.4 Å². The van der Waals surface area contributed by atoms with Crippen molar-refractivity contribution < 1.29 is 4.79 Å². The van der Waals surface area contributed by atoms with Crippen molar-refractivity contribution in [3.63, 3.8) is 0 Å². The number of carbonyl (C=O) groups excluding carboxylic acids is 1. The van der Waals surface area contributed by atoms with Crippen LogP contribution in [0, 0.1) is 20.8 Å². The summed E-state index contributed by atoms with van der Waals surface area (Å²) in [6, 6.07) is 4.38. The van der Waals surface area contributed by atoms with Gasteiger partial charge >= 0.3 is 0 Å². The van der Waals surface area contributed by atoms with Crippen molar-refractivity contribution in [2.24, 2.45) is 0 Å². The van der Waals surface area contributed by atoms with Crippen LogP contribution in [0.25, 0.3) is 0 Å². The minimum absolute atomic E-state index is 0.0908. The van der Waals surface area contributed by atoms with Gasteiger partial charge in [-0.25, -0.2) is 0 Å². The van der Waals surface area contributed by atoms with Crippen LogP contribution in [0.15, 0.2) is 12.1 Å². The Morgan fingerprint density at radius 3 is 2.14 bits per heavy atom. The fourth-order valence-corrected chi connectivity index (χ4v) is 2.06. The molecule has 76 valence electrons. The zero-order valence-corrected chi connectivity index (χ0v) is 9.22. The number of benzene rings is 1. The van der Waals surface area contributed by atoms with Crippen LogP contribution in [0.1, 0.15) is 35.2 Å². The third-order valence-electron chi connectivity index (χ3n) is 2.49. The lowest BCUT2D eigenvalue weighted by atomic mass is 9.95. The van der Waals surface area contributed by atoms with Crippen molar-refractivity contribution >= 4 is 6.41 Å². The number of hydrogen-bond acceptors (Lipinski definition) is 1. The Morgan fingerprint density at radius 2 is 1.71 bits per heavy atom. The molecule has 0 fully saturated rings. The monoisotopic (exact) mass is 191 g/mol. The van der Waals surface area contributed by atoms with Crippen LogP contribution in [0.2, 0.25) is 0 Å². The first-order valence-corrected chi connectivity index (χ1v) is 4.83. The standard InChI is InChI=1S/C12H17NO/c1-8-5-9(2)12(10(3)6-8)11(4)13-7-14/h5-7,11H,1-4H3,(H,13,14). The van der Waals surface area contributed by atoms with E-state index in [4.69, 9.17) is 0 Å². The second kappa shape index (κ2) is 4.27. The van der Waals surface area contributed by atoms with E-state index in [1.54, 1.807) is 0 Å². The second-order valence-electron chi connectivity index (χ2n) is 3.82. The molecule has 0 aromatic heterocycles. The number of aryl methyl sites for hydroxylation is 3. The summed E-state index contributed by atoms with van der Waals surface area (Å²) < 4.78 is 0. The summed E-state index contributed by atoms with van der Waals surface area (Å²) in [5.74, 6) is 0. The van der Waals surface area contributed by atoms with Gasteiger partial charge in [0.15, 0.2) is 0 Å². The van der Waals surface area contributed by atoms with Crippen LogP contribution >= 0.6 is 0 Å². The molecule has 0 saturated carbocycles. The highest BCUT2D eigenvalue weighted by atomic mass is 16.1. The van der Waals surface area contributed by atoms with E-state index < -0.39 is 0 Å². The van der Waals surface area contributed by atoms with Crippen LogP contribution in [-0.2, 0) is 4.79 Å². The predicted molar refractivity (Wildman–Crippen MR) is 58.3 cm³/mol. The molecule has 14 heavy (non-hydrogen) atoms. The Hall–Kier alpha value is -1.31. The summed E-state index contributed by atoms with van der Waals surface area (Å²) in [6.07, 6.45) is 0.753. The van der Waals surface area contributed by atoms with E-state index in [2.05, 4.69) is 38.2 Å². The van der Waals surface area contributed by atoms with Crippen LogP contribution in [-0.4, -0.2) is 6.41 Å². The number of rotatable bonds is 3. The quantitative estimate of drug-likeness (QED) is 0.730. The van der Waals surface area contributed by atoms with Gasteiger partial charge in [-0.15, -0.1) is 0 Å². The van der Waals surface area contributed by atoms with Gasteiger partial charge in [-0.1, -0.05) is 17.7 Å². The molecule has 1 N–H and O–H groups in total. The predicted octanol–water partition coefficient (Wildman–Crippen LogP) is 2.42. The molecule has 0 saturated heterocycles. The molecule has 1 atom stereocenters. The fourth-order valence-electron chi connectivity index (χ4n) is 2.06. The molecule has 0 aliphatic rings. The molecule has 2 nitrogen and oxygen atoms in total. The highest BCUT2D eigenvalue weighted by Gasteiger charge is 2.10. The maximum absolute atomic E-state index is 10.4. The molecule has 0 spiro atoms. The number of hydrogen-bond donors (Lipinski definition) is 1. The van der Waals surface area contributed by atoms with E-state index in [0.717, 1.165) is 6.41 Å². The fraction of sp³-hybridized carbons (Fsp3) is 0.417. The Bertz CT molecular complexity index is 321. The zero-order chi connectivity index (χ0) is 10.7. The summed E-state index contributed by atoms with van der Waals surface area (Å²) in [4.78, 5) is 10.4. The summed E-state index contributed by atoms with van der Waals surface area (Å²) >= 11 is 0. The Kier molecular flexibility index (Phi) is 3.28. The van der Waals surface area contributed by atoms with Crippen LogP contribution < -0.4 is 5.32 Å². The van der Waals surface area contributed by atoms with Gasteiger partial charge in [0, 0.05) is 0 Å². The largest absolute Gasteiger partial charge is 0.352 e. The molecule has 1 aromatic carbocycles. The number of amides is 1. The van der Waals surface area contributed by atoms with Gasteiger partial charge in [-0.05, 0) is 44.4 Å². The van der Waals surface area contributed by atoms with E-state index in [1.807, 2.05) is 6.92 Å². The second-order valence-corrected chi connectivity index (χ2v) is 3.82. The van der Waals surface area contributed by atoms with E-state index in [9.17, 15) is 4.79 Å². The summed E-state index contributed by atoms with van der Waals surface area (Å²) in [5.41, 5.74) is 4.97. The summed E-state index contributed by atoms with van der Waals surface area (Å²) in [5, 5.41) is 2.78. The lowest BCUT2D eigenvalue weighted by Gasteiger charge is -2.17. The molecular formula is C12H17NO. The lowest BCUT2D eigenvalue weighted by Crippen LogP contribution is -2.18. The molecule has 1 unspecified atom stereocenters. The average molecular weight is 191 g/mol. The van der Waals surface area contributed by atoms with Gasteiger partial charge in [0.1, 0.15) is 0 Å². The van der Waals surface area contributed by atoms with E-state index >= 15 is 0 Å². The zero-order valence-electron chi connectivity index (χ0n) is 9.22. The van der Waals surface area contributed by atoms with Crippen molar-refractivity contribution in [1.29, 1.82) is 0 Å². The number of carbonyl (C=O) groups is 1. The average Bonchev–Trinajstić information content (AvgIpc) is 2.01. The maximum atomic E-state index is 10.4. The lowest BCUT2D eigenvalue weighted by molar-refractivity contribution is -0.110. The molecular weight excluding hydrogens is 174 g/mol. The van der Waals surface area contributed by atoms with Crippen molar-refractivity contribution in [3.8, 4) is 0 Å². The first-order valence-electron chi connectivity index (χ1n) is 4.83. The molecule has 1 aromatic rings. The first kappa shape index (κ1) is 10.8. The van der Waals surface area contributed by atoms with Crippen LogP contribution in [0.5, 0.6) is 0 Å². The normalized spacial score (nSPS) is 12.3. The Morgan fingerprint density at radius 1 is 1.21 bits per heavy atom. The van der Waals surface area contributed by atoms with Gasteiger partial charge in [-0.2, -0.15) is 0 Å². The highest BCUT2D eigenvalue weighted by Crippen LogP contribution is 2.22. The topological polar surface area (TPSA) is 29.1 Å². The molecule has 0 aliphatic carbocycles. The van der Waals surface area contributed by atoms with E-state index in [0.29, 0.717) is 0 Å². The highest BCUT2D eigenvalue weighted by molar-refractivity contribution is 5.49. The smallest absolute Gasteiger partial charge is 0.207 e. The SMILES string of the molecule is Cc1cc(C)c(C(C)NC=O)c(C)c1. The van der Waals surface area contributed by atoms with Crippen molar-refractivity contribution in [2.75, 3.05) is 0 Å². The molecule has 2 heteroatoms. The molecule has 1 amide bonds. The number of nitrogens with one attached hydrogen (secondary N) is 1. The minimum atomic E-state index is 0.0908. The molecule has 0 heterocycles. The van der Waals surface area contributed by atoms with E-state index in [1.165, 1.54) is 22.3 Å². The molecule has 0 bridgehead atoms. The maximum Gasteiger partial charge on any atom is 0.207 e. The van der Waals surface area contributed by atoms with Gasteiger partial charge in [0.2, 0.25) is 6.41 Å². The Labute approximate surface area is 85.3 Å². The minimum Gasteiger partial charge on any atom is -0.352 e. The van der Waals surface area contributed by atoms with Crippen LogP contribution in [0.3, 0.4) is 0 Å².